The van der Waals surface area contributed by atoms with E-state index in [1.54, 1.807) is 0 Å². The first-order valence-electron chi connectivity index (χ1n) is 5.00. The normalized spacial score (nSPS) is 11.9. The largest absolute Gasteiger partial charge is 0.490 e. The molecule has 0 amide bonds. The van der Waals surface area contributed by atoms with E-state index in [0.717, 1.165) is 0 Å². The van der Waals surface area contributed by atoms with Crippen molar-refractivity contribution in [2.24, 2.45) is 0 Å². The minimum atomic E-state index is -1.38. The number of esters is 1. The summed E-state index contributed by atoms with van der Waals surface area (Å²) in [6.07, 6.45) is -1.38. The summed E-state index contributed by atoms with van der Waals surface area (Å²) in [6, 6.07) is 0. The quantitative estimate of drug-likeness (QED) is 0.169. The van der Waals surface area contributed by atoms with Crippen molar-refractivity contribution in [1.29, 1.82) is 0 Å². The van der Waals surface area contributed by atoms with Gasteiger partial charge in [0, 0.05) is 0 Å². The van der Waals surface area contributed by atoms with Gasteiger partial charge in [0.2, 0.25) is 6.29 Å². The summed E-state index contributed by atoms with van der Waals surface area (Å²) in [5.74, 6) is -1.05. The second-order valence-corrected chi connectivity index (χ2v) is 2.90. The molecule has 0 bridgehead atoms. The molecule has 0 aromatic rings. The number of aliphatic hydroxyl groups is 2. The molecule has 0 spiro atoms. The Morgan fingerprint density at radius 2 is 1.94 bits per heavy atom. The van der Waals surface area contributed by atoms with Gasteiger partial charge in [-0.1, -0.05) is 0 Å². The fourth-order valence-corrected chi connectivity index (χ4v) is 0.775. The summed E-state index contributed by atoms with van der Waals surface area (Å²) in [6.45, 7) is 3.77. The first kappa shape index (κ1) is 15.9. The van der Waals surface area contributed by atoms with Gasteiger partial charge in [-0.25, -0.2) is 4.79 Å². The highest BCUT2D eigenvalue weighted by atomic mass is 16.7. The molecule has 7 heteroatoms. The molecule has 0 heterocycles. The second kappa shape index (κ2) is 10.0. The van der Waals surface area contributed by atoms with Gasteiger partial charge in [-0.15, -0.1) is 0 Å². The molecule has 0 saturated carbocycles. The number of methoxy groups -OCH3 is 1. The van der Waals surface area contributed by atoms with Gasteiger partial charge in [-0.3, -0.25) is 0 Å². The summed E-state index contributed by atoms with van der Waals surface area (Å²) in [7, 11) is 1.27. The van der Waals surface area contributed by atoms with Gasteiger partial charge in [0.25, 0.3) is 0 Å². The monoisotopic (exact) mass is 250 g/mol. The van der Waals surface area contributed by atoms with Crippen LogP contribution in [0.5, 0.6) is 0 Å². The highest BCUT2D eigenvalue weighted by Crippen LogP contribution is 1.98. The molecule has 0 aliphatic heterocycles. The van der Waals surface area contributed by atoms with E-state index in [4.69, 9.17) is 14.6 Å². The molecule has 2 N–H and O–H groups in total. The van der Waals surface area contributed by atoms with Gasteiger partial charge < -0.3 is 29.2 Å². The van der Waals surface area contributed by atoms with Crippen molar-refractivity contribution < 1.29 is 34.0 Å². The molecule has 7 nitrogen and oxygen atoms in total. The van der Waals surface area contributed by atoms with Crippen molar-refractivity contribution >= 4 is 5.97 Å². The SMILES string of the molecule is C=C(OC)C(=O)OC(O)COCCOCCO. The lowest BCUT2D eigenvalue weighted by Crippen LogP contribution is -2.25. The lowest BCUT2D eigenvalue weighted by Gasteiger charge is -2.12. The van der Waals surface area contributed by atoms with Crippen LogP contribution in [0.4, 0.5) is 0 Å². The lowest BCUT2D eigenvalue weighted by molar-refractivity contribution is -0.176. The van der Waals surface area contributed by atoms with Crippen molar-refractivity contribution in [3.8, 4) is 0 Å². The van der Waals surface area contributed by atoms with Crippen molar-refractivity contribution in [1.82, 2.24) is 0 Å². The van der Waals surface area contributed by atoms with Crippen molar-refractivity contribution in [2.45, 2.75) is 6.29 Å². The molecular formula is C10H18O7. The predicted octanol–water partition coefficient (Wildman–Crippen LogP) is -0.966. The summed E-state index contributed by atoms with van der Waals surface area (Å²) in [4.78, 5) is 11.0. The van der Waals surface area contributed by atoms with Crippen LogP contribution in [-0.4, -0.2) is 62.6 Å². The average molecular weight is 250 g/mol. The maximum absolute atomic E-state index is 11.0. The van der Waals surface area contributed by atoms with Gasteiger partial charge in [0.1, 0.15) is 6.61 Å². The van der Waals surface area contributed by atoms with Crippen LogP contribution in [0.3, 0.4) is 0 Å². The van der Waals surface area contributed by atoms with Crippen LogP contribution in [0.25, 0.3) is 0 Å². The average Bonchev–Trinajstić information content (AvgIpc) is 2.32. The molecule has 0 rings (SSSR count). The number of hydrogen-bond acceptors (Lipinski definition) is 7. The first-order chi connectivity index (χ1) is 8.11. The number of rotatable bonds is 10. The van der Waals surface area contributed by atoms with Crippen LogP contribution in [0, 0.1) is 0 Å². The van der Waals surface area contributed by atoms with Crippen molar-refractivity contribution in [3.05, 3.63) is 12.3 Å². The lowest BCUT2D eigenvalue weighted by atomic mass is 10.5. The highest BCUT2D eigenvalue weighted by Gasteiger charge is 2.14. The predicted molar refractivity (Wildman–Crippen MR) is 57.0 cm³/mol. The molecule has 0 saturated heterocycles. The maximum atomic E-state index is 11.0. The minimum Gasteiger partial charge on any atom is -0.490 e. The topological polar surface area (TPSA) is 94.5 Å². The standard InChI is InChI=1S/C10H18O7/c1-8(14-2)10(13)17-9(12)7-16-6-5-15-4-3-11/h9,11-12H,1,3-7H2,2H3. The van der Waals surface area contributed by atoms with E-state index in [2.05, 4.69) is 16.1 Å². The number of carbonyl (C=O) groups is 1. The fourth-order valence-electron chi connectivity index (χ4n) is 0.775. The zero-order valence-electron chi connectivity index (χ0n) is 9.76. The number of hydrogen-bond donors (Lipinski definition) is 2. The van der Waals surface area contributed by atoms with Gasteiger partial charge in [0.05, 0.1) is 33.5 Å². The van der Waals surface area contributed by atoms with Crippen LogP contribution in [0.2, 0.25) is 0 Å². The Bertz CT molecular complexity index is 229. The van der Waals surface area contributed by atoms with Crippen LogP contribution in [0.1, 0.15) is 0 Å². The molecule has 100 valence electrons. The smallest absolute Gasteiger partial charge is 0.375 e. The molecule has 0 aromatic carbocycles. The Labute approximate surface area is 99.5 Å². The summed E-state index contributed by atoms with van der Waals surface area (Å²) in [5, 5.41) is 17.6. The van der Waals surface area contributed by atoms with E-state index in [1.807, 2.05) is 0 Å². The minimum absolute atomic E-state index is 0.0562. The molecule has 0 aromatic heterocycles. The van der Waals surface area contributed by atoms with Gasteiger partial charge in [-0.05, 0) is 6.58 Å². The number of carbonyl (C=O) groups excluding carboxylic acids is 1. The molecule has 0 aliphatic rings. The van der Waals surface area contributed by atoms with E-state index < -0.39 is 12.3 Å². The van der Waals surface area contributed by atoms with Gasteiger partial charge in [-0.2, -0.15) is 0 Å². The zero-order chi connectivity index (χ0) is 13.1. The third-order valence-electron chi connectivity index (χ3n) is 1.59. The van der Waals surface area contributed by atoms with Crippen LogP contribution < -0.4 is 0 Å². The maximum Gasteiger partial charge on any atom is 0.375 e. The Balaban J connectivity index is 3.49. The Morgan fingerprint density at radius 3 is 2.53 bits per heavy atom. The molecule has 0 aliphatic carbocycles. The fraction of sp³-hybridized carbons (Fsp3) is 0.700. The third kappa shape index (κ3) is 8.64. The van der Waals surface area contributed by atoms with E-state index >= 15 is 0 Å². The molecule has 1 atom stereocenters. The first-order valence-corrected chi connectivity index (χ1v) is 5.00. The molecule has 0 fully saturated rings. The van der Waals surface area contributed by atoms with E-state index in [-0.39, 0.29) is 38.8 Å². The summed E-state index contributed by atoms with van der Waals surface area (Å²) < 4.78 is 18.9. The van der Waals surface area contributed by atoms with Gasteiger partial charge >= 0.3 is 5.97 Å². The third-order valence-corrected chi connectivity index (χ3v) is 1.59. The Kier molecular flexibility index (Phi) is 9.35. The van der Waals surface area contributed by atoms with Crippen LogP contribution in [0.15, 0.2) is 12.3 Å². The van der Waals surface area contributed by atoms with Crippen LogP contribution in [-0.2, 0) is 23.7 Å². The number of aliphatic hydroxyl groups excluding tert-OH is 2. The second-order valence-electron chi connectivity index (χ2n) is 2.90. The molecule has 1 unspecified atom stereocenters. The van der Waals surface area contributed by atoms with E-state index in [1.165, 1.54) is 7.11 Å². The van der Waals surface area contributed by atoms with Crippen molar-refractivity contribution in [2.75, 3.05) is 40.1 Å². The number of ether oxygens (including phenoxy) is 4. The zero-order valence-corrected chi connectivity index (χ0v) is 9.76. The molecule has 17 heavy (non-hydrogen) atoms. The van der Waals surface area contributed by atoms with E-state index in [0.29, 0.717) is 0 Å². The van der Waals surface area contributed by atoms with Crippen molar-refractivity contribution in [3.63, 3.8) is 0 Å². The Morgan fingerprint density at radius 1 is 1.29 bits per heavy atom. The van der Waals surface area contributed by atoms with Gasteiger partial charge in [0.15, 0.2) is 5.76 Å². The summed E-state index contributed by atoms with van der Waals surface area (Å²) in [5.41, 5.74) is 0. The van der Waals surface area contributed by atoms with Crippen LogP contribution >= 0.6 is 0 Å². The summed E-state index contributed by atoms with van der Waals surface area (Å²) >= 11 is 0. The molecule has 0 radical (unpaired) electrons. The van der Waals surface area contributed by atoms with E-state index in [9.17, 15) is 9.90 Å². The molecular weight excluding hydrogens is 232 g/mol. The Hall–Kier alpha value is -1.15. The highest BCUT2D eigenvalue weighted by molar-refractivity contribution is 5.85.